The number of likely N-dealkylation sites (N-methyl/N-ethyl adjacent to an activating group) is 1. The summed E-state index contributed by atoms with van der Waals surface area (Å²) in [4.78, 5) is 11.2. The van der Waals surface area contributed by atoms with Gasteiger partial charge in [0.15, 0.2) is 0 Å². The van der Waals surface area contributed by atoms with E-state index in [4.69, 9.17) is 0 Å². The summed E-state index contributed by atoms with van der Waals surface area (Å²) in [7, 11) is -1.14. The molecule has 0 saturated heterocycles. The van der Waals surface area contributed by atoms with Gasteiger partial charge in [-0.2, -0.15) is 0 Å². The molecule has 1 rings (SSSR count). The van der Waals surface area contributed by atoms with Crippen LogP contribution in [-0.4, -0.2) is 41.1 Å². The number of rotatable bonds is 6. The second kappa shape index (κ2) is 6.78. The highest BCUT2D eigenvalue weighted by Crippen LogP contribution is 2.18. The Morgan fingerprint density at radius 1 is 1.45 bits per heavy atom. The summed E-state index contributed by atoms with van der Waals surface area (Å²) in [6.45, 7) is 1.92. The Balaban J connectivity index is 3.14. The monoisotopic (exact) mass is 304 g/mol. The van der Waals surface area contributed by atoms with E-state index in [2.05, 4.69) is 14.8 Å². The lowest BCUT2D eigenvalue weighted by Crippen LogP contribution is -2.37. The molecule has 112 valence electrons. The van der Waals surface area contributed by atoms with Crippen molar-refractivity contribution in [3.63, 3.8) is 0 Å². The lowest BCUT2D eigenvalue weighted by atomic mass is 10.2. The van der Waals surface area contributed by atoms with Crippen LogP contribution in [0.15, 0.2) is 23.1 Å². The van der Waals surface area contributed by atoms with E-state index in [0.29, 0.717) is 0 Å². The van der Waals surface area contributed by atoms with Crippen LogP contribution in [-0.2, 0) is 14.8 Å². The average Bonchev–Trinajstić information content (AvgIpc) is 2.43. The molecule has 1 aromatic carbocycles. The van der Waals surface area contributed by atoms with Crippen LogP contribution >= 0.6 is 0 Å². The van der Waals surface area contributed by atoms with Crippen molar-refractivity contribution in [3.05, 3.63) is 29.6 Å². The van der Waals surface area contributed by atoms with Crippen molar-refractivity contribution in [1.29, 1.82) is 0 Å². The first-order valence-electron chi connectivity index (χ1n) is 5.86. The first kappa shape index (κ1) is 16.5. The first-order chi connectivity index (χ1) is 9.31. The molecule has 0 saturated carbocycles. The molecule has 6 nitrogen and oxygen atoms in total. The van der Waals surface area contributed by atoms with Gasteiger partial charge in [-0.05, 0) is 32.2 Å². The fourth-order valence-corrected chi connectivity index (χ4v) is 2.72. The Bertz CT molecular complexity index is 589. The van der Waals surface area contributed by atoms with Crippen molar-refractivity contribution >= 4 is 16.0 Å². The Kier molecular flexibility index (Phi) is 5.61. The zero-order valence-corrected chi connectivity index (χ0v) is 12.3. The molecule has 0 aliphatic rings. The number of halogens is 1. The molecule has 0 amide bonds. The van der Waals surface area contributed by atoms with Gasteiger partial charge in [0.25, 0.3) is 0 Å². The van der Waals surface area contributed by atoms with Gasteiger partial charge in [-0.25, -0.2) is 22.3 Å². The van der Waals surface area contributed by atoms with Gasteiger partial charge in [0, 0.05) is 12.6 Å². The summed E-state index contributed by atoms with van der Waals surface area (Å²) >= 11 is 0. The largest absolute Gasteiger partial charge is 0.465 e. The summed E-state index contributed by atoms with van der Waals surface area (Å²) in [5.74, 6) is -1.63. The molecule has 2 N–H and O–H groups in total. The second-order valence-corrected chi connectivity index (χ2v) is 5.91. The smallest absolute Gasteiger partial charge is 0.339 e. The fraction of sp³-hybridized carbons (Fsp3) is 0.417. The van der Waals surface area contributed by atoms with Gasteiger partial charge in [0.05, 0.1) is 17.6 Å². The van der Waals surface area contributed by atoms with Crippen LogP contribution in [0.1, 0.15) is 17.3 Å². The summed E-state index contributed by atoms with van der Waals surface area (Å²) in [5, 5.41) is 2.87. The normalized spacial score (nSPS) is 13.0. The number of esters is 1. The Morgan fingerprint density at radius 3 is 2.65 bits per heavy atom. The second-order valence-electron chi connectivity index (χ2n) is 4.17. The number of ether oxygens (including phenoxy) is 1. The topological polar surface area (TPSA) is 84.5 Å². The molecule has 1 atom stereocenters. The van der Waals surface area contributed by atoms with Gasteiger partial charge in [0.1, 0.15) is 5.82 Å². The highest BCUT2D eigenvalue weighted by Gasteiger charge is 2.23. The summed E-state index contributed by atoms with van der Waals surface area (Å²) in [6.07, 6.45) is 0. The standard InChI is InChI=1S/C12H17FN2O4S/c1-8(14-2)7-15-20(17,18)11-5-4-9(13)6-10(11)12(16)19-3/h4-6,8,14-15H,7H2,1-3H3. The van der Waals surface area contributed by atoms with Crippen LogP contribution in [0.5, 0.6) is 0 Å². The molecule has 0 radical (unpaired) electrons. The number of methoxy groups -OCH3 is 1. The van der Waals surface area contributed by atoms with Gasteiger partial charge in [0.2, 0.25) is 10.0 Å². The van der Waals surface area contributed by atoms with Crippen LogP contribution in [0, 0.1) is 5.82 Å². The van der Waals surface area contributed by atoms with Gasteiger partial charge in [-0.3, -0.25) is 0 Å². The summed E-state index contributed by atoms with van der Waals surface area (Å²) < 4.78 is 44.2. The highest BCUT2D eigenvalue weighted by atomic mass is 32.2. The molecule has 0 bridgehead atoms. The van der Waals surface area contributed by atoms with Crippen molar-refractivity contribution in [2.75, 3.05) is 20.7 Å². The quantitative estimate of drug-likeness (QED) is 0.748. The minimum atomic E-state index is -3.93. The number of sulfonamides is 1. The summed E-state index contributed by atoms with van der Waals surface area (Å²) in [5.41, 5.74) is -0.336. The average molecular weight is 304 g/mol. The van der Waals surface area contributed by atoms with Gasteiger partial charge in [-0.15, -0.1) is 0 Å². The SMILES string of the molecule is CNC(C)CNS(=O)(=O)c1ccc(F)cc1C(=O)OC. The van der Waals surface area contributed by atoms with E-state index < -0.39 is 21.8 Å². The Morgan fingerprint density at radius 2 is 2.10 bits per heavy atom. The number of nitrogens with one attached hydrogen (secondary N) is 2. The fourth-order valence-electron chi connectivity index (χ4n) is 1.42. The van der Waals surface area contributed by atoms with E-state index in [-0.39, 0.29) is 23.0 Å². The zero-order valence-electron chi connectivity index (χ0n) is 11.4. The molecular weight excluding hydrogens is 287 g/mol. The molecule has 0 fully saturated rings. The molecular formula is C12H17FN2O4S. The zero-order chi connectivity index (χ0) is 15.3. The summed E-state index contributed by atoms with van der Waals surface area (Å²) in [6, 6.07) is 2.75. The number of hydrogen-bond acceptors (Lipinski definition) is 5. The molecule has 0 spiro atoms. The van der Waals surface area contributed by atoms with E-state index in [1.165, 1.54) is 0 Å². The van der Waals surface area contributed by atoms with E-state index >= 15 is 0 Å². The molecule has 20 heavy (non-hydrogen) atoms. The number of hydrogen-bond donors (Lipinski definition) is 2. The third-order valence-corrected chi connectivity index (χ3v) is 4.19. The molecule has 1 aromatic rings. The molecule has 1 unspecified atom stereocenters. The van der Waals surface area contributed by atoms with Gasteiger partial charge < -0.3 is 10.1 Å². The van der Waals surface area contributed by atoms with E-state index in [1.54, 1.807) is 14.0 Å². The number of benzene rings is 1. The van der Waals surface area contributed by atoms with Gasteiger partial charge in [-0.1, -0.05) is 0 Å². The predicted octanol–water partition coefficient (Wildman–Crippen LogP) is 0.498. The molecule has 0 heterocycles. The van der Waals surface area contributed by atoms with Crippen LogP contribution in [0.3, 0.4) is 0 Å². The van der Waals surface area contributed by atoms with Gasteiger partial charge >= 0.3 is 5.97 Å². The van der Waals surface area contributed by atoms with E-state index in [9.17, 15) is 17.6 Å². The minimum Gasteiger partial charge on any atom is -0.465 e. The third kappa shape index (κ3) is 3.99. The van der Waals surface area contributed by atoms with Crippen LogP contribution in [0.25, 0.3) is 0 Å². The number of carbonyl (C=O) groups is 1. The first-order valence-corrected chi connectivity index (χ1v) is 7.35. The van der Waals surface area contributed by atoms with Crippen molar-refractivity contribution in [1.82, 2.24) is 10.0 Å². The lowest BCUT2D eigenvalue weighted by Gasteiger charge is -2.13. The van der Waals surface area contributed by atoms with Crippen molar-refractivity contribution in [2.45, 2.75) is 17.9 Å². The highest BCUT2D eigenvalue weighted by molar-refractivity contribution is 7.89. The molecule has 0 aromatic heterocycles. The maximum absolute atomic E-state index is 13.2. The van der Waals surface area contributed by atoms with Crippen molar-refractivity contribution in [3.8, 4) is 0 Å². The van der Waals surface area contributed by atoms with Crippen LogP contribution in [0.4, 0.5) is 4.39 Å². The maximum atomic E-state index is 13.2. The molecule has 0 aliphatic heterocycles. The molecule has 0 aliphatic carbocycles. The Labute approximate surface area is 117 Å². The van der Waals surface area contributed by atoms with Crippen LogP contribution in [0.2, 0.25) is 0 Å². The predicted molar refractivity (Wildman–Crippen MR) is 71.4 cm³/mol. The van der Waals surface area contributed by atoms with E-state index in [1.807, 2.05) is 0 Å². The van der Waals surface area contributed by atoms with E-state index in [0.717, 1.165) is 25.3 Å². The van der Waals surface area contributed by atoms with Crippen molar-refractivity contribution in [2.24, 2.45) is 0 Å². The Hall–Kier alpha value is -1.51. The van der Waals surface area contributed by atoms with Crippen molar-refractivity contribution < 1.29 is 22.3 Å². The number of carbonyl (C=O) groups excluding carboxylic acids is 1. The maximum Gasteiger partial charge on any atom is 0.339 e. The minimum absolute atomic E-state index is 0.0909. The van der Waals surface area contributed by atoms with Crippen LogP contribution < -0.4 is 10.0 Å². The lowest BCUT2D eigenvalue weighted by molar-refractivity contribution is 0.0595. The third-order valence-electron chi connectivity index (χ3n) is 2.71. The molecule has 8 heteroatoms.